The number of hydrogen-bond acceptors (Lipinski definition) is 1. The van der Waals surface area contributed by atoms with Crippen LogP contribution in [-0.2, 0) is 25.7 Å². The van der Waals surface area contributed by atoms with Gasteiger partial charge in [-0.3, -0.25) is 0 Å². The van der Waals surface area contributed by atoms with E-state index in [9.17, 15) is 26.3 Å². The summed E-state index contributed by atoms with van der Waals surface area (Å²) in [5.74, 6) is -2.82. The Morgan fingerprint density at radius 2 is 1.73 bits per heavy atom. The molecule has 3 rings (SSSR count). The molecule has 0 aliphatic heterocycles. The van der Waals surface area contributed by atoms with E-state index in [1.807, 2.05) is 6.92 Å². The summed E-state index contributed by atoms with van der Waals surface area (Å²) in [6.07, 6.45) is -0.504. The Labute approximate surface area is 172 Å². The second kappa shape index (κ2) is 9.31. The van der Waals surface area contributed by atoms with Crippen molar-refractivity contribution in [1.29, 1.82) is 0 Å². The first-order chi connectivity index (χ1) is 14.2. The van der Waals surface area contributed by atoms with Crippen molar-refractivity contribution in [3.05, 3.63) is 64.0 Å². The zero-order chi connectivity index (χ0) is 21.9. The summed E-state index contributed by atoms with van der Waals surface area (Å²) >= 11 is 0. The third-order valence-electron chi connectivity index (χ3n) is 5.66. The summed E-state index contributed by atoms with van der Waals surface area (Å²) < 4.78 is 84.0. The molecule has 0 aromatic heterocycles. The Morgan fingerprint density at radius 1 is 1.03 bits per heavy atom. The lowest BCUT2D eigenvalue weighted by molar-refractivity contribution is -0.275. The molecule has 1 atom stereocenters. The van der Waals surface area contributed by atoms with Crippen molar-refractivity contribution in [1.82, 2.24) is 0 Å². The van der Waals surface area contributed by atoms with E-state index in [0.717, 1.165) is 18.9 Å². The van der Waals surface area contributed by atoms with Crippen LogP contribution in [0.3, 0.4) is 0 Å². The number of halogens is 6. The third kappa shape index (κ3) is 5.49. The van der Waals surface area contributed by atoms with Gasteiger partial charge in [-0.1, -0.05) is 19.4 Å². The maximum atomic E-state index is 14.4. The topological polar surface area (TPSA) is 9.23 Å². The van der Waals surface area contributed by atoms with Crippen molar-refractivity contribution in [2.75, 3.05) is 0 Å². The van der Waals surface area contributed by atoms with Crippen LogP contribution in [0.15, 0.2) is 24.3 Å². The first-order valence-corrected chi connectivity index (χ1v) is 10.2. The number of rotatable bonds is 7. The molecule has 0 saturated carbocycles. The molecular weight excluding hydrogens is 406 g/mol. The lowest BCUT2D eigenvalue weighted by Gasteiger charge is -2.26. The summed E-state index contributed by atoms with van der Waals surface area (Å²) in [6.45, 7) is 2.01. The number of hydrogen-bond donors (Lipinski definition) is 0. The predicted molar refractivity (Wildman–Crippen MR) is 102 cm³/mol. The number of benzene rings is 2. The van der Waals surface area contributed by atoms with E-state index in [1.165, 1.54) is 18.2 Å². The van der Waals surface area contributed by atoms with Crippen LogP contribution in [0.25, 0.3) is 0 Å². The van der Waals surface area contributed by atoms with Gasteiger partial charge in [0.2, 0.25) is 0 Å². The Hall–Kier alpha value is -2.18. The first kappa shape index (κ1) is 22.5. The van der Waals surface area contributed by atoms with Crippen LogP contribution in [0.2, 0.25) is 0 Å². The fourth-order valence-electron chi connectivity index (χ4n) is 4.08. The summed E-state index contributed by atoms with van der Waals surface area (Å²) in [5, 5.41) is 0. The summed E-state index contributed by atoms with van der Waals surface area (Å²) in [7, 11) is 0. The highest BCUT2D eigenvalue weighted by Gasteiger charge is 2.34. The van der Waals surface area contributed by atoms with Gasteiger partial charge in [-0.15, -0.1) is 13.2 Å². The maximum absolute atomic E-state index is 14.4. The van der Waals surface area contributed by atoms with E-state index in [0.29, 0.717) is 36.8 Å². The molecule has 30 heavy (non-hydrogen) atoms. The number of unbranched alkanes of at least 4 members (excludes halogenated alkanes) is 1. The highest BCUT2D eigenvalue weighted by molar-refractivity contribution is 5.39. The monoisotopic (exact) mass is 430 g/mol. The summed E-state index contributed by atoms with van der Waals surface area (Å²) in [5.41, 5.74) is 1.55. The highest BCUT2D eigenvalue weighted by Crippen LogP contribution is 2.35. The molecule has 0 fully saturated rings. The van der Waals surface area contributed by atoms with Crippen molar-refractivity contribution < 1.29 is 31.1 Å². The smallest absolute Gasteiger partial charge is 0.403 e. The first-order valence-electron chi connectivity index (χ1n) is 10.2. The standard InChI is InChI=1S/C23H24F6O/c1-2-3-4-15-12-19(24)18(20(25)13-15)9-6-14-5-8-17-16(11-14)7-10-21(22(17)26)30-23(27,28)29/h7,10,12-14H,2-6,8-9,11H2,1H3. The Balaban J connectivity index is 1.65. The molecule has 0 amide bonds. The van der Waals surface area contributed by atoms with Gasteiger partial charge in [-0.2, -0.15) is 0 Å². The lowest BCUT2D eigenvalue weighted by Crippen LogP contribution is -2.21. The number of fused-ring (bicyclic) bond motifs is 1. The molecule has 1 aliphatic carbocycles. The van der Waals surface area contributed by atoms with E-state index < -0.39 is 29.6 Å². The number of aryl methyl sites for hydroxylation is 1. The fourth-order valence-corrected chi connectivity index (χ4v) is 4.08. The summed E-state index contributed by atoms with van der Waals surface area (Å²) in [4.78, 5) is 0. The zero-order valence-corrected chi connectivity index (χ0v) is 16.7. The minimum absolute atomic E-state index is 0.0566. The SMILES string of the molecule is CCCCc1cc(F)c(CCC2CCc3c(ccc(OC(F)(F)F)c3F)C2)c(F)c1. The van der Waals surface area contributed by atoms with Gasteiger partial charge in [0.25, 0.3) is 0 Å². The molecule has 0 N–H and O–H groups in total. The molecule has 1 nitrogen and oxygen atoms in total. The molecule has 7 heteroatoms. The molecule has 164 valence electrons. The second-order valence-electron chi connectivity index (χ2n) is 7.85. The van der Waals surface area contributed by atoms with Gasteiger partial charge in [0.05, 0.1) is 0 Å². The fraction of sp³-hybridized carbons (Fsp3) is 0.478. The minimum atomic E-state index is -4.95. The molecule has 0 saturated heterocycles. The van der Waals surface area contributed by atoms with Gasteiger partial charge in [0, 0.05) is 5.56 Å². The van der Waals surface area contributed by atoms with Crippen LogP contribution in [0.4, 0.5) is 26.3 Å². The average Bonchev–Trinajstić information content (AvgIpc) is 2.67. The Kier molecular flexibility index (Phi) is 6.98. The Morgan fingerprint density at radius 3 is 2.37 bits per heavy atom. The third-order valence-corrected chi connectivity index (χ3v) is 5.66. The number of alkyl halides is 3. The maximum Gasteiger partial charge on any atom is 0.573 e. The lowest BCUT2D eigenvalue weighted by atomic mass is 9.80. The van der Waals surface area contributed by atoms with Crippen molar-refractivity contribution in [2.45, 2.75) is 64.7 Å². The quantitative estimate of drug-likeness (QED) is 0.427. The van der Waals surface area contributed by atoms with Crippen LogP contribution < -0.4 is 4.74 Å². The van der Waals surface area contributed by atoms with Gasteiger partial charge >= 0.3 is 6.36 Å². The van der Waals surface area contributed by atoms with Crippen LogP contribution in [0.5, 0.6) is 5.75 Å². The van der Waals surface area contributed by atoms with Crippen LogP contribution in [0.1, 0.15) is 54.9 Å². The van der Waals surface area contributed by atoms with Gasteiger partial charge in [0.15, 0.2) is 11.6 Å². The average molecular weight is 430 g/mol. The van der Waals surface area contributed by atoms with Gasteiger partial charge in [-0.05, 0) is 85.8 Å². The van der Waals surface area contributed by atoms with E-state index in [4.69, 9.17) is 0 Å². The molecule has 0 heterocycles. The molecule has 1 unspecified atom stereocenters. The van der Waals surface area contributed by atoms with Gasteiger partial charge in [-0.25, -0.2) is 13.2 Å². The number of ether oxygens (including phenoxy) is 1. The van der Waals surface area contributed by atoms with E-state index in [-0.39, 0.29) is 29.9 Å². The normalized spacial score (nSPS) is 16.4. The van der Waals surface area contributed by atoms with E-state index in [2.05, 4.69) is 4.74 Å². The molecule has 2 aromatic rings. The molecule has 2 aromatic carbocycles. The molecular formula is C23H24F6O. The van der Waals surface area contributed by atoms with Crippen molar-refractivity contribution >= 4 is 0 Å². The summed E-state index contributed by atoms with van der Waals surface area (Å²) in [6, 6.07) is 5.21. The van der Waals surface area contributed by atoms with Gasteiger partial charge < -0.3 is 4.74 Å². The van der Waals surface area contributed by atoms with Crippen LogP contribution >= 0.6 is 0 Å². The highest BCUT2D eigenvalue weighted by atomic mass is 19.4. The predicted octanol–water partition coefficient (Wildman–Crippen LogP) is 7.08. The Bertz CT molecular complexity index is 867. The van der Waals surface area contributed by atoms with Gasteiger partial charge in [0.1, 0.15) is 11.6 Å². The van der Waals surface area contributed by atoms with Crippen LogP contribution in [-0.4, -0.2) is 6.36 Å². The van der Waals surface area contributed by atoms with Crippen molar-refractivity contribution in [3.8, 4) is 5.75 Å². The zero-order valence-electron chi connectivity index (χ0n) is 16.7. The second-order valence-corrected chi connectivity index (χ2v) is 7.85. The van der Waals surface area contributed by atoms with Crippen LogP contribution in [0, 0.1) is 23.4 Å². The largest absolute Gasteiger partial charge is 0.573 e. The molecule has 0 bridgehead atoms. The molecule has 0 radical (unpaired) electrons. The van der Waals surface area contributed by atoms with E-state index >= 15 is 0 Å². The van der Waals surface area contributed by atoms with Crippen molar-refractivity contribution in [2.24, 2.45) is 5.92 Å². The molecule has 0 spiro atoms. The molecule has 1 aliphatic rings. The minimum Gasteiger partial charge on any atom is -0.403 e. The van der Waals surface area contributed by atoms with E-state index in [1.54, 1.807) is 0 Å². The van der Waals surface area contributed by atoms with Crippen molar-refractivity contribution in [3.63, 3.8) is 0 Å².